The Balaban J connectivity index is 1.69. The molecule has 0 saturated heterocycles. The van der Waals surface area contributed by atoms with Crippen LogP contribution < -0.4 is 5.32 Å². The summed E-state index contributed by atoms with van der Waals surface area (Å²) in [5.41, 5.74) is 0.0303. The first kappa shape index (κ1) is 15.0. The summed E-state index contributed by atoms with van der Waals surface area (Å²) in [7, 11) is 0. The first-order valence-corrected chi connectivity index (χ1v) is 7.52. The second-order valence-electron chi connectivity index (χ2n) is 8.23. The second kappa shape index (κ2) is 4.29. The van der Waals surface area contributed by atoms with Crippen LogP contribution >= 0.6 is 0 Å². The number of rotatable bonds is 2. The van der Waals surface area contributed by atoms with Crippen LogP contribution in [-0.4, -0.2) is 24.4 Å². The largest absolute Gasteiger partial charge is 0.440 e. The van der Waals surface area contributed by atoms with E-state index in [1.165, 1.54) is 12.8 Å². The van der Waals surface area contributed by atoms with Gasteiger partial charge in [0, 0.05) is 5.54 Å². The van der Waals surface area contributed by atoms with Crippen molar-refractivity contribution in [3.63, 3.8) is 0 Å². The van der Waals surface area contributed by atoms with Gasteiger partial charge in [-0.2, -0.15) is 13.2 Å². The average Bonchev–Trinajstić information content (AvgIpc) is 2.19. The summed E-state index contributed by atoms with van der Waals surface area (Å²) in [4.78, 5) is 11.7. The van der Waals surface area contributed by atoms with Crippen LogP contribution in [0.4, 0.5) is 18.0 Å². The molecule has 6 heteroatoms. The van der Waals surface area contributed by atoms with Gasteiger partial charge in [-0.15, -0.1) is 0 Å². The van der Waals surface area contributed by atoms with Gasteiger partial charge >= 0.3 is 12.3 Å². The van der Waals surface area contributed by atoms with Gasteiger partial charge in [0.2, 0.25) is 0 Å². The van der Waals surface area contributed by atoms with Gasteiger partial charge in [-0.3, -0.25) is 0 Å². The van der Waals surface area contributed by atoms with Crippen molar-refractivity contribution < 1.29 is 22.7 Å². The zero-order chi connectivity index (χ0) is 15.5. The molecule has 1 amide bonds. The number of amides is 1. The number of hydrogen-bond donors (Lipinski definition) is 1. The highest BCUT2D eigenvalue weighted by Gasteiger charge is 2.60. The molecule has 4 aliphatic carbocycles. The first-order valence-electron chi connectivity index (χ1n) is 7.52. The molecule has 0 aromatic carbocycles. The highest BCUT2D eigenvalue weighted by molar-refractivity contribution is 5.68. The number of alkyl halides is 3. The Labute approximate surface area is 122 Å². The van der Waals surface area contributed by atoms with E-state index in [1.54, 1.807) is 0 Å². The van der Waals surface area contributed by atoms with Crippen LogP contribution in [0.1, 0.15) is 52.4 Å². The molecule has 0 radical (unpaired) electrons. The van der Waals surface area contributed by atoms with Crippen molar-refractivity contribution in [2.24, 2.45) is 16.7 Å². The Morgan fingerprint density at radius 3 is 2.19 bits per heavy atom. The zero-order valence-electron chi connectivity index (χ0n) is 12.5. The minimum absolute atomic E-state index is 0.200. The SMILES string of the molecule is CC12CC3CC(C)(C1)CC(NC(=O)OCC(F)(F)F)(C3)C2. The number of carbonyl (C=O) groups is 1. The molecular formula is C15H22F3NO2. The van der Waals surface area contributed by atoms with E-state index in [9.17, 15) is 18.0 Å². The zero-order valence-corrected chi connectivity index (χ0v) is 12.5. The molecule has 4 saturated carbocycles. The van der Waals surface area contributed by atoms with Crippen LogP contribution in [-0.2, 0) is 4.74 Å². The van der Waals surface area contributed by atoms with Gasteiger partial charge in [-0.1, -0.05) is 13.8 Å². The van der Waals surface area contributed by atoms with Crippen molar-refractivity contribution in [3.05, 3.63) is 0 Å². The van der Waals surface area contributed by atoms with Crippen molar-refractivity contribution in [1.82, 2.24) is 5.32 Å². The topological polar surface area (TPSA) is 38.3 Å². The molecule has 4 aliphatic rings. The molecular weight excluding hydrogens is 283 g/mol. The van der Waals surface area contributed by atoms with Gasteiger partial charge in [0.05, 0.1) is 0 Å². The molecule has 120 valence electrons. The number of carbonyl (C=O) groups excluding carboxylic acids is 1. The number of hydrogen-bond acceptors (Lipinski definition) is 2. The van der Waals surface area contributed by atoms with Gasteiger partial charge < -0.3 is 10.1 Å². The molecule has 4 rings (SSSR count). The van der Waals surface area contributed by atoms with Crippen LogP contribution in [0.25, 0.3) is 0 Å². The van der Waals surface area contributed by atoms with Gasteiger partial charge in [0.25, 0.3) is 0 Å². The van der Waals surface area contributed by atoms with E-state index >= 15 is 0 Å². The number of ether oxygens (including phenoxy) is 1. The summed E-state index contributed by atoms with van der Waals surface area (Å²) in [6.07, 6.45) is 0.669. The molecule has 2 unspecified atom stereocenters. The maximum atomic E-state index is 12.1. The third-order valence-electron chi connectivity index (χ3n) is 5.36. The minimum atomic E-state index is -4.48. The fraction of sp³-hybridized carbons (Fsp3) is 0.933. The van der Waals surface area contributed by atoms with Gasteiger partial charge in [-0.05, 0) is 55.3 Å². The Bertz CT molecular complexity index is 444. The summed E-state index contributed by atoms with van der Waals surface area (Å²) >= 11 is 0. The maximum absolute atomic E-state index is 12.1. The predicted octanol–water partition coefficient (Wildman–Crippen LogP) is 4.02. The highest BCUT2D eigenvalue weighted by atomic mass is 19.4. The molecule has 4 bridgehead atoms. The summed E-state index contributed by atoms with van der Waals surface area (Å²) in [5.74, 6) is 0.569. The van der Waals surface area contributed by atoms with Crippen molar-refractivity contribution in [2.45, 2.75) is 64.1 Å². The maximum Gasteiger partial charge on any atom is 0.422 e. The van der Waals surface area contributed by atoms with Crippen molar-refractivity contribution in [3.8, 4) is 0 Å². The predicted molar refractivity (Wildman–Crippen MR) is 70.7 cm³/mol. The monoisotopic (exact) mass is 305 g/mol. The standard InChI is InChI=1S/C15H22F3NO2/c1-12-3-10-4-13(2,6-12)8-14(5-10,7-12)19-11(20)21-9-15(16,17)18/h10H,3-9H2,1-2H3,(H,19,20). The average molecular weight is 305 g/mol. The van der Waals surface area contributed by atoms with E-state index in [1.807, 2.05) is 0 Å². The fourth-order valence-electron chi connectivity index (χ4n) is 5.99. The number of halogens is 3. The Kier molecular flexibility index (Phi) is 3.06. The molecule has 3 nitrogen and oxygen atoms in total. The van der Waals surface area contributed by atoms with E-state index in [4.69, 9.17) is 0 Å². The Hall–Kier alpha value is -0.940. The van der Waals surface area contributed by atoms with Gasteiger partial charge in [-0.25, -0.2) is 4.79 Å². The lowest BCUT2D eigenvalue weighted by atomic mass is 9.43. The molecule has 21 heavy (non-hydrogen) atoms. The number of alkyl carbamates (subject to hydrolysis) is 1. The van der Waals surface area contributed by atoms with Crippen LogP contribution in [0.5, 0.6) is 0 Å². The molecule has 0 heterocycles. The molecule has 0 aromatic rings. The molecule has 1 N–H and O–H groups in total. The molecule has 0 aliphatic heterocycles. The van der Waals surface area contributed by atoms with Crippen LogP contribution in [0.2, 0.25) is 0 Å². The minimum Gasteiger partial charge on any atom is -0.440 e. The van der Waals surface area contributed by atoms with Crippen molar-refractivity contribution >= 4 is 6.09 Å². The normalized spacial score (nSPS) is 44.7. The van der Waals surface area contributed by atoms with E-state index in [2.05, 4.69) is 23.9 Å². The molecule has 2 atom stereocenters. The third kappa shape index (κ3) is 2.99. The summed E-state index contributed by atoms with van der Waals surface area (Å²) < 4.78 is 40.7. The van der Waals surface area contributed by atoms with Crippen molar-refractivity contribution in [1.29, 1.82) is 0 Å². The first-order chi connectivity index (χ1) is 9.51. The lowest BCUT2D eigenvalue weighted by Crippen LogP contribution is -2.65. The molecule has 0 aromatic heterocycles. The quantitative estimate of drug-likeness (QED) is 0.836. The second-order valence-corrected chi connectivity index (χ2v) is 8.23. The van der Waals surface area contributed by atoms with E-state index in [0.717, 1.165) is 25.7 Å². The smallest absolute Gasteiger partial charge is 0.422 e. The van der Waals surface area contributed by atoms with Crippen molar-refractivity contribution in [2.75, 3.05) is 6.61 Å². The summed E-state index contributed by atoms with van der Waals surface area (Å²) in [6, 6.07) is 0. The van der Waals surface area contributed by atoms with Gasteiger partial charge in [0.1, 0.15) is 0 Å². The van der Waals surface area contributed by atoms with E-state index in [0.29, 0.717) is 5.92 Å². The van der Waals surface area contributed by atoms with E-state index in [-0.39, 0.29) is 16.4 Å². The lowest BCUT2D eigenvalue weighted by molar-refractivity contribution is -0.162. The highest BCUT2D eigenvalue weighted by Crippen LogP contribution is 2.66. The summed E-state index contributed by atoms with van der Waals surface area (Å²) in [6.45, 7) is 2.97. The Morgan fingerprint density at radius 1 is 1.14 bits per heavy atom. The molecule has 4 fully saturated rings. The fourth-order valence-corrected chi connectivity index (χ4v) is 5.99. The third-order valence-corrected chi connectivity index (χ3v) is 5.36. The lowest BCUT2D eigenvalue weighted by Gasteiger charge is -2.65. The van der Waals surface area contributed by atoms with Crippen LogP contribution in [0.3, 0.4) is 0 Å². The Morgan fingerprint density at radius 2 is 1.71 bits per heavy atom. The van der Waals surface area contributed by atoms with E-state index < -0.39 is 18.9 Å². The molecule has 0 spiro atoms. The number of nitrogens with one attached hydrogen (secondary N) is 1. The van der Waals surface area contributed by atoms with Crippen LogP contribution in [0, 0.1) is 16.7 Å². The van der Waals surface area contributed by atoms with Crippen LogP contribution in [0.15, 0.2) is 0 Å². The van der Waals surface area contributed by atoms with Gasteiger partial charge in [0.15, 0.2) is 6.61 Å². The summed E-state index contributed by atoms with van der Waals surface area (Å²) in [5, 5.41) is 2.79.